The first-order chi connectivity index (χ1) is 15.7. The van der Waals surface area contributed by atoms with Crippen LogP contribution in [0.4, 0.5) is 4.39 Å². The van der Waals surface area contributed by atoms with Crippen LogP contribution in [-0.4, -0.2) is 71.9 Å². The van der Waals surface area contributed by atoms with Gasteiger partial charge in [0.1, 0.15) is 18.2 Å². The number of thiophene rings is 1. The Balaban J connectivity index is 1.68. The summed E-state index contributed by atoms with van der Waals surface area (Å²) in [6, 6.07) is 7.87. The normalized spacial score (nSPS) is 17.0. The van der Waals surface area contributed by atoms with E-state index in [1.54, 1.807) is 23.5 Å². The lowest BCUT2D eigenvalue weighted by Crippen LogP contribution is -2.49. The van der Waals surface area contributed by atoms with Crippen LogP contribution in [0, 0.1) is 5.82 Å². The third-order valence-corrected chi connectivity index (χ3v) is 6.77. The van der Waals surface area contributed by atoms with E-state index in [0.29, 0.717) is 25.4 Å². The van der Waals surface area contributed by atoms with Crippen LogP contribution in [-0.2, 0) is 16.0 Å². The summed E-state index contributed by atoms with van der Waals surface area (Å²) in [4.78, 5) is 18.6. The van der Waals surface area contributed by atoms with Crippen molar-refractivity contribution < 1.29 is 23.8 Å². The molecule has 0 bridgehead atoms. The van der Waals surface area contributed by atoms with Crippen molar-refractivity contribution in [2.45, 2.75) is 58.4 Å². The molecule has 1 aromatic carbocycles. The molecular weight excluding hydrogens is 443 g/mol. The standard InChI is InChI=1S/C25H35FN2O4S/c1-17(2)27(13-20(29)15-31-18(3)4)14-25(30)28-11-9-24-22(10-12-33-24)23(28)16-32-21-7-5-19(26)6-8-21/h5-8,10,12,17-18,20,23,29H,9,11,13-16H2,1-4H3/t20-,23+/m1/s1. The number of nitrogens with zero attached hydrogens (tertiary/aromatic N) is 2. The number of aliphatic hydroxyl groups is 1. The average Bonchev–Trinajstić information content (AvgIpc) is 3.25. The predicted octanol–water partition coefficient (Wildman–Crippen LogP) is 3.89. The highest BCUT2D eigenvalue weighted by Gasteiger charge is 2.33. The highest BCUT2D eigenvalue weighted by atomic mass is 32.1. The van der Waals surface area contributed by atoms with E-state index in [1.165, 1.54) is 17.0 Å². The Labute approximate surface area is 199 Å². The van der Waals surface area contributed by atoms with Gasteiger partial charge in [-0.25, -0.2) is 4.39 Å². The Bertz CT molecular complexity index is 887. The van der Waals surface area contributed by atoms with Gasteiger partial charge in [-0.3, -0.25) is 9.69 Å². The van der Waals surface area contributed by atoms with Gasteiger partial charge in [0.05, 0.1) is 31.4 Å². The number of amides is 1. The number of benzene rings is 1. The number of hydrogen-bond acceptors (Lipinski definition) is 6. The fourth-order valence-electron chi connectivity index (χ4n) is 3.93. The number of carbonyl (C=O) groups is 1. The number of carbonyl (C=O) groups excluding carboxylic acids is 1. The molecular formula is C25H35FN2O4S. The van der Waals surface area contributed by atoms with Crippen molar-refractivity contribution in [3.8, 4) is 5.75 Å². The van der Waals surface area contributed by atoms with E-state index in [-0.39, 0.29) is 43.1 Å². The fourth-order valence-corrected chi connectivity index (χ4v) is 4.86. The average molecular weight is 479 g/mol. The molecule has 0 saturated carbocycles. The third-order valence-electron chi connectivity index (χ3n) is 5.77. The van der Waals surface area contributed by atoms with Crippen LogP contribution in [0.25, 0.3) is 0 Å². The molecule has 2 atom stereocenters. The summed E-state index contributed by atoms with van der Waals surface area (Å²) in [6.07, 6.45) is 0.201. The molecule has 2 aromatic rings. The summed E-state index contributed by atoms with van der Waals surface area (Å²) in [5.41, 5.74) is 1.11. The first-order valence-electron chi connectivity index (χ1n) is 11.5. The Hall–Kier alpha value is -2.00. The van der Waals surface area contributed by atoms with Gasteiger partial charge in [-0.1, -0.05) is 0 Å². The van der Waals surface area contributed by atoms with Gasteiger partial charge in [-0.05, 0) is 75.4 Å². The zero-order valence-corrected chi connectivity index (χ0v) is 20.7. The van der Waals surface area contributed by atoms with Gasteiger partial charge in [0.15, 0.2) is 0 Å². The SMILES string of the molecule is CC(C)OC[C@H](O)CN(CC(=O)N1CCc2sccc2[C@@H]1COc1ccc(F)cc1)C(C)C. The molecule has 1 amide bonds. The molecule has 0 unspecified atom stereocenters. The molecule has 0 aliphatic carbocycles. The molecule has 1 aromatic heterocycles. The molecule has 33 heavy (non-hydrogen) atoms. The maximum atomic E-state index is 13.4. The lowest BCUT2D eigenvalue weighted by Gasteiger charge is -2.38. The van der Waals surface area contributed by atoms with Crippen LogP contribution in [0.2, 0.25) is 0 Å². The predicted molar refractivity (Wildman–Crippen MR) is 128 cm³/mol. The summed E-state index contributed by atoms with van der Waals surface area (Å²) in [5, 5.41) is 12.4. The Morgan fingerprint density at radius 1 is 1.24 bits per heavy atom. The summed E-state index contributed by atoms with van der Waals surface area (Å²) < 4.78 is 24.7. The van der Waals surface area contributed by atoms with E-state index in [9.17, 15) is 14.3 Å². The first-order valence-corrected chi connectivity index (χ1v) is 12.4. The van der Waals surface area contributed by atoms with Crippen molar-refractivity contribution in [1.82, 2.24) is 9.80 Å². The molecule has 1 aliphatic rings. The Morgan fingerprint density at radius 3 is 2.64 bits per heavy atom. The molecule has 0 spiro atoms. The second-order valence-electron chi connectivity index (χ2n) is 8.98. The van der Waals surface area contributed by atoms with Crippen LogP contribution in [0.3, 0.4) is 0 Å². The monoisotopic (exact) mass is 478 g/mol. The van der Waals surface area contributed by atoms with Crippen molar-refractivity contribution in [3.05, 3.63) is 52.0 Å². The maximum absolute atomic E-state index is 13.4. The molecule has 1 aliphatic heterocycles. The number of fused-ring (bicyclic) bond motifs is 1. The number of aliphatic hydroxyl groups excluding tert-OH is 1. The summed E-state index contributed by atoms with van der Waals surface area (Å²) in [5.74, 6) is 0.264. The van der Waals surface area contributed by atoms with Crippen molar-refractivity contribution in [2.75, 3.05) is 32.8 Å². The Morgan fingerprint density at radius 2 is 1.97 bits per heavy atom. The molecule has 2 heterocycles. The zero-order valence-electron chi connectivity index (χ0n) is 19.9. The van der Waals surface area contributed by atoms with Crippen LogP contribution in [0.1, 0.15) is 44.2 Å². The number of halogens is 1. The van der Waals surface area contributed by atoms with Gasteiger partial charge in [-0.15, -0.1) is 11.3 Å². The quantitative estimate of drug-likeness (QED) is 0.531. The summed E-state index contributed by atoms with van der Waals surface area (Å²) >= 11 is 1.70. The smallest absolute Gasteiger partial charge is 0.237 e. The number of ether oxygens (including phenoxy) is 2. The largest absolute Gasteiger partial charge is 0.491 e. The highest BCUT2D eigenvalue weighted by molar-refractivity contribution is 7.10. The van der Waals surface area contributed by atoms with E-state index < -0.39 is 6.10 Å². The van der Waals surface area contributed by atoms with Crippen molar-refractivity contribution in [2.24, 2.45) is 0 Å². The third kappa shape index (κ3) is 7.24. The number of rotatable bonds is 11. The van der Waals surface area contributed by atoms with E-state index in [2.05, 4.69) is 11.4 Å². The maximum Gasteiger partial charge on any atom is 0.237 e. The van der Waals surface area contributed by atoms with Crippen LogP contribution >= 0.6 is 11.3 Å². The summed E-state index contributed by atoms with van der Waals surface area (Å²) in [6.45, 7) is 9.64. The lowest BCUT2D eigenvalue weighted by molar-refractivity contribution is -0.137. The topological polar surface area (TPSA) is 62.2 Å². The van der Waals surface area contributed by atoms with Gasteiger partial charge in [0.25, 0.3) is 0 Å². The minimum atomic E-state index is -0.662. The molecule has 0 fully saturated rings. The first kappa shape index (κ1) is 25.6. The van der Waals surface area contributed by atoms with Gasteiger partial charge < -0.3 is 19.5 Å². The van der Waals surface area contributed by atoms with Crippen LogP contribution in [0.15, 0.2) is 35.7 Å². The molecule has 3 rings (SSSR count). The minimum Gasteiger partial charge on any atom is -0.491 e. The molecule has 1 N–H and O–H groups in total. The molecule has 0 radical (unpaired) electrons. The molecule has 182 valence electrons. The highest BCUT2D eigenvalue weighted by Crippen LogP contribution is 2.34. The lowest BCUT2D eigenvalue weighted by atomic mass is 10.00. The van der Waals surface area contributed by atoms with Crippen LogP contribution < -0.4 is 4.74 Å². The van der Waals surface area contributed by atoms with Crippen molar-refractivity contribution in [3.63, 3.8) is 0 Å². The van der Waals surface area contributed by atoms with Gasteiger partial charge >= 0.3 is 0 Å². The van der Waals surface area contributed by atoms with E-state index in [4.69, 9.17) is 9.47 Å². The van der Waals surface area contributed by atoms with Crippen LogP contribution in [0.5, 0.6) is 5.75 Å². The van der Waals surface area contributed by atoms with E-state index in [1.807, 2.05) is 37.5 Å². The second-order valence-corrected chi connectivity index (χ2v) is 9.98. The molecule has 6 nitrogen and oxygen atoms in total. The minimum absolute atomic E-state index is 0.00485. The molecule has 0 saturated heterocycles. The molecule has 8 heteroatoms. The van der Waals surface area contributed by atoms with Crippen molar-refractivity contribution >= 4 is 17.2 Å². The van der Waals surface area contributed by atoms with E-state index >= 15 is 0 Å². The summed E-state index contributed by atoms with van der Waals surface area (Å²) in [7, 11) is 0. The number of hydrogen-bond donors (Lipinski definition) is 1. The second kappa shape index (κ2) is 11.9. The van der Waals surface area contributed by atoms with Crippen molar-refractivity contribution in [1.29, 1.82) is 0 Å². The van der Waals surface area contributed by atoms with E-state index in [0.717, 1.165) is 12.0 Å². The van der Waals surface area contributed by atoms with Gasteiger partial charge in [0, 0.05) is 24.0 Å². The zero-order chi connectivity index (χ0) is 24.0. The fraction of sp³-hybridized carbons (Fsp3) is 0.560. The van der Waals surface area contributed by atoms with Gasteiger partial charge in [0.2, 0.25) is 5.91 Å². The Kier molecular flexibility index (Phi) is 9.26. The van der Waals surface area contributed by atoms with Gasteiger partial charge in [-0.2, -0.15) is 0 Å².